The summed E-state index contributed by atoms with van der Waals surface area (Å²) in [7, 11) is 0. The van der Waals surface area contributed by atoms with Crippen molar-refractivity contribution in [1.29, 1.82) is 0 Å². The molecule has 1 aromatic carbocycles. The van der Waals surface area contributed by atoms with E-state index in [2.05, 4.69) is 21.6 Å². The number of allylic oxidation sites excluding steroid dienone is 1. The minimum absolute atomic E-state index is 0.00862. The molecule has 0 spiro atoms. The zero-order valence-electron chi connectivity index (χ0n) is 15.2. The Balaban J connectivity index is 1.50. The first-order chi connectivity index (χ1) is 12.7. The van der Waals surface area contributed by atoms with E-state index in [0.717, 1.165) is 30.9 Å². The zero-order valence-corrected chi connectivity index (χ0v) is 16.0. The van der Waals surface area contributed by atoms with Crippen LogP contribution >= 0.6 is 11.6 Å². The van der Waals surface area contributed by atoms with E-state index in [1.807, 2.05) is 18.2 Å². The predicted molar refractivity (Wildman–Crippen MR) is 107 cm³/mol. The second kappa shape index (κ2) is 9.83. The van der Waals surface area contributed by atoms with Crippen molar-refractivity contribution in [3.05, 3.63) is 34.9 Å². The zero-order chi connectivity index (χ0) is 18.2. The molecule has 6 heteroatoms. The van der Waals surface area contributed by atoms with Gasteiger partial charge < -0.3 is 20.3 Å². The lowest BCUT2D eigenvalue weighted by Crippen LogP contribution is -2.37. The van der Waals surface area contributed by atoms with Crippen LogP contribution in [-0.4, -0.2) is 45.3 Å². The van der Waals surface area contributed by atoms with E-state index in [4.69, 9.17) is 16.3 Å². The maximum Gasteiger partial charge on any atom is 0.239 e. The second-order valence-corrected chi connectivity index (χ2v) is 7.20. The fourth-order valence-electron chi connectivity index (χ4n) is 3.50. The maximum atomic E-state index is 12.2. The molecule has 1 aromatic rings. The number of ether oxygens (including phenoxy) is 1. The number of rotatable bonds is 7. The number of amides is 1. The highest BCUT2D eigenvalue weighted by atomic mass is 35.5. The Morgan fingerprint density at radius 3 is 2.85 bits per heavy atom. The van der Waals surface area contributed by atoms with Crippen LogP contribution in [-0.2, 0) is 9.53 Å². The summed E-state index contributed by atoms with van der Waals surface area (Å²) in [6, 6.07) is 5.76. The lowest BCUT2D eigenvalue weighted by atomic mass is 9.97. The highest BCUT2D eigenvalue weighted by molar-refractivity contribution is 6.34. The quantitative estimate of drug-likeness (QED) is 0.713. The first kappa shape index (κ1) is 19.1. The smallest absolute Gasteiger partial charge is 0.239 e. The normalized spacial score (nSPS) is 17.6. The maximum absolute atomic E-state index is 12.2. The largest absolute Gasteiger partial charge is 0.378 e. The summed E-state index contributed by atoms with van der Waals surface area (Å²) < 4.78 is 5.42. The topological polar surface area (TPSA) is 53.6 Å². The molecule has 1 saturated heterocycles. The van der Waals surface area contributed by atoms with Gasteiger partial charge >= 0.3 is 0 Å². The van der Waals surface area contributed by atoms with Crippen molar-refractivity contribution in [2.75, 3.05) is 49.6 Å². The summed E-state index contributed by atoms with van der Waals surface area (Å²) in [5, 5.41) is 6.95. The molecule has 26 heavy (non-hydrogen) atoms. The molecule has 142 valence electrons. The molecule has 1 aliphatic heterocycles. The number of para-hydroxylation sites is 1. The molecule has 2 N–H and O–H groups in total. The van der Waals surface area contributed by atoms with Crippen molar-refractivity contribution in [1.82, 2.24) is 5.32 Å². The van der Waals surface area contributed by atoms with Crippen molar-refractivity contribution < 1.29 is 9.53 Å². The first-order valence-corrected chi connectivity index (χ1v) is 9.91. The van der Waals surface area contributed by atoms with Gasteiger partial charge in [0.1, 0.15) is 0 Å². The van der Waals surface area contributed by atoms with Crippen molar-refractivity contribution in [3.63, 3.8) is 0 Å². The number of hydrogen-bond donors (Lipinski definition) is 2. The van der Waals surface area contributed by atoms with Crippen LogP contribution in [0.3, 0.4) is 0 Å². The van der Waals surface area contributed by atoms with E-state index in [9.17, 15) is 4.79 Å². The summed E-state index contributed by atoms with van der Waals surface area (Å²) in [6.07, 6.45) is 8.23. The summed E-state index contributed by atoms with van der Waals surface area (Å²) >= 11 is 6.42. The average molecular weight is 378 g/mol. The SMILES string of the molecule is O=C(CNc1cccc(Cl)c1N1CCOCC1)NCCC1=CCCCC1. The summed E-state index contributed by atoms with van der Waals surface area (Å²) in [6.45, 7) is 3.95. The Bertz CT molecular complexity index is 642. The van der Waals surface area contributed by atoms with E-state index in [1.54, 1.807) is 0 Å². The Morgan fingerprint density at radius 2 is 2.08 bits per heavy atom. The van der Waals surface area contributed by atoms with Crippen LogP contribution in [0.25, 0.3) is 0 Å². The van der Waals surface area contributed by atoms with Gasteiger partial charge in [-0.1, -0.05) is 29.3 Å². The molecule has 0 saturated carbocycles. The van der Waals surface area contributed by atoms with E-state index >= 15 is 0 Å². The van der Waals surface area contributed by atoms with Crippen molar-refractivity contribution in [2.45, 2.75) is 32.1 Å². The van der Waals surface area contributed by atoms with E-state index in [1.165, 1.54) is 31.3 Å². The van der Waals surface area contributed by atoms with Gasteiger partial charge in [0, 0.05) is 19.6 Å². The minimum atomic E-state index is 0.00862. The van der Waals surface area contributed by atoms with Gasteiger partial charge in [0.15, 0.2) is 0 Å². The highest BCUT2D eigenvalue weighted by Gasteiger charge is 2.18. The van der Waals surface area contributed by atoms with Crippen molar-refractivity contribution in [2.24, 2.45) is 0 Å². The van der Waals surface area contributed by atoms with Gasteiger partial charge in [-0.15, -0.1) is 0 Å². The number of morpholine rings is 1. The number of hydrogen-bond acceptors (Lipinski definition) is 4. The number of halogens is 1. The van der Waals surface area contributed by atoms with Crippen LogP contribution in [0.1, 0.15) is 32.1 Å². The molecule has 1 aliphatic carbocycles. The van der Waals surface area contributed by atoms with Gasteiger partial charge in [-0.2, -0.15) is 0 Å². The van der Waals surface area contributed by atoms with Crippen LogP contribution < -0.4 is 15.5 Å². The third-order valence-corrected chi connectivity index (χ3v) is 5.21. The van der Waals surface area contributed by atoms with Gasteiger partial charge in [0.05, 0.1) is 36.2 Å². The number of carbonyl (C=O) groups is 1. The third kappa shape index (κ3) is 5.39. The number of nitrogens with zero attached hydrogens (tertiary/aromatic N) is 1. The highest BCUT2D eigenvalue weighted by Crippen LogP contribution is 2.34. The molecule has 0 atom stereocenters. The van der Waals surface area contributed by atoms with Crippen LogP contribution in [0.15, 0.2) is 29.8 Å². The van der Waals surface area contributed by atoms with Gasteiger partial charge in [-0.3, -0.25) is 4.79 Å². The minimum Gasteiger partial charge on any atom is -0.378 e. The van der Waals surface area contributed by atoms with Gasteiger partial charge in [-0.25, -0.2) is 0 Å². The summed E-state index contributed by atoms with van der Waals surface area (Å²) in [4.78, 5) is 14.4. The molecule has 3 rings (SSSR count). The summed E-state index contributed by atoms with van der Waals surface area (Å²) in [5.74, 6) is 0.00862. The Labute approximate surface area is 160 Å². The fraction of sp³-hybridized carbons (Fsp3) is 0.550. The molecule has 5 nitrogen and oxygen atoms in total. The van der Waals surface area contributed by atoms with Crippen molar-refractivity contribution >= 4 is 28.9 Å². The molecule has 1 amide bonds. The molecule has 1 fully saturated rings. The molecule has 1 heterocycles. The number of benzene rings is 1. The van der Waals surface area contributed by atoms with Crippen molar-refractivity contribution in [3.8, 4) is 0 Å². The molecular weight excluding hydrogens is 350 g/mol. The molecule has 2 aliphatic rings. The van der Waals surface area contributed by atoms with E-state index in [-0.39, 0.29) is 12.5 Å². The monoisotopic (exact) mass is 377 g/mol. The fourth-order valence-corrected chi connectivity index (χ4v) is 3.79. The van der Waals surface area contributed by atoms with Crippen LogP contribution in [0.2, 0.25) is 5.02 Å². The Kier molecular flexibility index (Phi) is 7.21. The lowest BCUT2D eigenvalue weighted by molar-refractivity contribution is -0.119. The lowest BCUT2D eigenvalue weighted by Gasteiger charge is -2.31. The molecular formula is C20H28ClN3O2. The van der Waals surface area contributed by atoms with Gasteiger partial charge in [0.2, 0.25) is 5.91 Å². The van der Waals surface area contributed by atoms with Crippen LogP contribution in [0.4, 0.5) is 11.4 Å². The van der Waals surface area contributed by atoms with Crippen LogP contribution in [0.5, 0.6) is 0 Å². The number of carbonyl (C=O) groups excluding carboxylic acids is 1. The van der Waals surface area contributed by atoms with Gasteiger partial charge in [0.25, 0.3) is 0 Å². The Morgan fingerprint density at radius 1 is 1.23 bits per heavy atom. The Hall–Kier alpha value is -1.72. The third-order valence-electron chi connectivity index (χ3n) is 4.91. The average Bonchev–Trinajstić information content (AvgIpc) is 2.68. The van der Waals surface area contributed by atoms with E-state index in [0.29, 0.717) is 24.8 Å². The molecule has 0 unspecified atom stereocenters. The predicted octanol–water partition coefficient (Wildman–Crippen LogP) is 3.60. The van der Waals surface area contributed by atoms with E-state index < -0.39 is 0 Å². The molecule has 0 aromatic heterocycles. The number of anilines is 2. The molecule has 0 radical (unpaired) electrons. The summed E-state index contributed by atoms with van der Waals surface area (Å²) in [5.41, 5.74) is 3.33. The number of nitrogens with one attached hydrogen (secondary N) is 2. The first-order valence-electron chi connectivity index (χ1n) is 9.54. The standard InChI is InChI=1S/C20H28ClN3O2/c21-17-7-4-8-18(20(17)24-11-13-26-14-12-24)23-15-19(25)22-10-9-16-5-2-1-3-6-16/h4-5,7-8,23H,1-3,6,9-15H2,(H,22,25). The second-order valence-electron chi connectivity index (χ2n) is 6.80. The van der Waals surface area contributed by atoms with Crippen LogP contribution in [0, 0.1) is 0 Å². The molecule has 0 bridgehead atoms. The van der Waals surface area contributed by atoms with Gasteiger partial charge in [-0.05, 0) is 44.2 Å².